The van der Waals surface area contributed by atoms with Crippen LogP contribution in [0.15, 0.2) is 45.2 Å². The molecule has 6 aromatic rings. The molecule has 2 aliphatic carbocycles. The third-order valence-electron chi connectivity index (χ3n) is 11.1. The first-order valence-corrected chi connectivity index (χ1v) is 19.9. The molecule has 1 aliphatic heterocycles. The van der Waals surface area contributed by atoms with Crippen LogP contribution in [-0.2, 0) is 4.74 Å². The van der Waals surface area contributed by atoms with Gasteiger partial charge in [0.25, 0.3) is 11.8 Å². The highest BCUT2D eigenvalue weighted by Gasteiger charge is 2.32. The van der Waals surface area contributed by atoms with Gasteiger partial charge in [-0.25, -0.2) is 14.9 Å². The fourth-order valence-corrected chi connectivity index (χ4v) is 9.25. The summed E-state index contributed by atoms with van der Waals surface area (Å²) in [5.74, 6) is 0.770. The van der Waals surface area contributed by atoms with Crippen LogP contribution in [0.3, 0.4) is 0 Å². The van der Waals surface area contributed by atoms with Crippen LogP contribution in [0.4, 0.5) is 23.5 Å². The van der Waals surface area contributed by atoms with Gasteiger partial charge in [-0.1, -0.05) is 25.7 Å². The van der Waals surface area contributed by atoms with Gasteiger partial charge in [-0.2, -0.15) is 9.97 Å². The van der Waals surface area contributed by atoms with Gasteiger partial charge in [0.15, 0.2) is 11.5 Å². The third-order valence-corrected chi connectivity index (χ3v) is 12.1. The Bertz CT molecular complexity index is 2380. The molecule has 55 heavy (non-hydrogen) atoms. The van der Waals surface area contributed by atoms with Crippen molar-refractivity contribution in [2.75, 3.05) is 64.3 Å². The molecule has 3 aliphatic rings. The number of hydrogen-bond donors (Lipinski definition) is 0. The maximum Gasteiger partial charge on any atom is 0.270 e. The molecule has 0 spiro atoms. The number of aromatic nitrogens is 6. The van der Waals surface area contributed by atoms with E-state index in [0.717, 1.165) is 62.1 Å². The Kier molecular flexibility index (Phi) is 9.04. The zero-order chi connectivity index (χ0) is 38.0. The highest BCUT2D eigenvalue weighted by Crippen LogP contribution is 2.42. The average molecular weight is 765 g/mol. The van der Waals surface area contributed by atoms with Gasteiger partial charge in [0.05, 0.1) is 13.2 Å². The summed E-state index contributed by atoms with van der Waals surface area (Å²) in [5, 5.41) is 3.35. The maximum atomic E-state index is 13.7. The molecule has 15 nitrogen and oxygen atoms in total. The number of ether oxygens (including phenoxy) is 1. The number of carbonyl (C=O) groups is 2. The summed E-state index contributed by atoms with van der Waals surface area (Å²) in [6, 6.07) is 5.51. The molecule has 0 N–H and O–H groups in total. The van der Waals surface area contributed by atoms with Crippen molar-refractivity contribution < 1.29 is 18.7 Å². The molecule has 6 aromatic heterocycles. The van der Waals surface area contributed by atoms with E-state index in [0.29, 0.717) is 70.8 Å². The van der Waals surface area contributed by atoms with Gasteiger partial charge in [-0.15, -0.1) is 11.3 Å². The molecular formula is C39H44N10O5S. The van der Waals surface area contributed by atoms with Crippen molar-refractivity contribution in [2.24, 2.45) is 0 Å². The minimum atomic E-state index is -0.157. The Morgan fingerprint density at radius 1 is 0.764 bits per heavy atom. The van der Waals surface area contributed by atoms with Crippen molar-refractivity contribution in [3.05, 3.63) is 57.6 Å². The number of anilines is 4. The molecule has 3 fully saturated rings. The second-order valence-corrected chi connectivity index (χ2v) is 16.0. The number of fused-ring (bicyclic) bond motifs is 3. The maximum absolute atomic E-state index is 13.7. The van der Waals surface area contributed by atoms with Crippen LogP contribution in [0.2, 0.25) is 0 Å². The van der Waals surface area contributed by atoms with Gasteiger partial charge in [-0.05, 0) is 37.8 Å². The summed E-state index contributed by atoms with van der Waals surface area (Å²) < 4.78 is 16.8. The smallest absolute Gasteiger partial charge is 0.270 e. The molecule has 9 rings (SSSR count). The molecule has 0 atom stereocenters. The number of nitrogens with zero attached hydrogens (tertiary/aromatic N) is 10. The van der Waals surface area contributed by atoms with Crippen molar-refractivity contribution in [2.45, 2.75) is 63.5 Å². The van der Waals surface area contributed by atoms with E-state index < -0.39 is 0 Å². The lowest BCUT2D eigenvalue weighted by Crippen LogP contribution is -2.36. The lowest BCUT2D eigenvalue weighted by Gasteiger charge is -2.27. The van der Waals surface area contributed by atoms with Crippen LogP contribution in [-0.4, -0.2) is 105 Å². The zero-order valence-corrected chi connectivity index (χ0v) is 32.3. The monoisotopic (exact) mass is 764 g/mol. The van der Waals surface area contributed by atoms with E-state index in [1.54, 1.807) is 61.4 Å². The predicted octanol–water partition coefficient (Wildman–Crippen LogP) is 6.28. The van der Waals surface area contributed by atoms with Crippen LogP contribution in [0.25, 0.3) is 32.3 Å². The first-order chi connectivity index (χ1) is 26.7. The van der Waals surface area contributed by atoms with Crippen molar-refractivity contribution in [1.82, 2.24) is 38.9 Å². The summed E-state index contributed by atoms with van der Waals surface area (Å²) in [6.07, 6.45) is 11.5. The van der Waals surface area contributed by atoms with Crippen LogP contribution < -0.4 is 15.2 Å². The van der Waals surface area contributed by atoms with Gasteiger partial charge >= 0.3 is 0 Å². The first kappa shape index (κ1) is 35.4. The van der Waals surface area contributed by atoms with Crippen molar-refractivity contribution in [3.8, 4) is 0 Å². The van der Waals surface area contributed by atoms with Crippen LogP contribution in [0.1, 0.15) is 84.4 Å². The number of rotatable bonds is 8. The Labute approximate surface area is 321 Å². The normalized spacial score (nSPS) is 16.9. The molecule has 2 amide bonds. The highest BCUT2D eigenvalue weighted by molar-refractivity contribution is 7.17. The Hall–Kier alpha value is -5.35. The molecular weight excluding hydrogens is 721 g/mol. The minimum absolute atomic E-state index is 0.103. The predicted molar refractivity (Wildman–Crippen MR) is 211 cm³/mol. The van der Waals surface area contributed by atoms with Crippen LogP contribution in [0, 0.1) is 0 Å². The summed E-state index contributed by atoms with van der Waals surface area (Å²) in [5.41, 5.74) is 3.13. The number of amides is 2. The number of thiophene rings is 1. The second-order valence-electron chi connectivity index (χ2n) is 15.1. The number of carbonyl (C=O) groups excluding carboxylic acids is 2. The lowest BCUT2D eigenvalue weighted by molar-refractivity contribution is 0.0808. The topological polar surface area (TPSA) is 148 Å². The van der Waals surface area contributed by atoms with Crippen molar-refractivity contribution in [1.29, 1.82) is 0 Å². The Morgan fingerprint density at radius 3 is 1.76 bits per heavy atom. The zero-order valence-electron chi connectivity index (χ0n) is 31.5. The van der Waals surface area contributed by atoms with Crippen molar-refractivity contribution in [3.63, 3.8) is 0 Å². The average Bonchev–Trinajstić information content (AvgIpc) is 4.04. The van der Waals surface area contributed by atoms with E-state index in [1.165, 1.54) is 11.3 Å². The molecule has 0 aromatic carbocycles. The van der Waals surface area contributed by atoms with Crippen LogP contribution in [0.5, 0.6) is 0 Å². The summed E-state index contributed by atoms with van der Waals surface area (Å²) in [6.45, 7) is 2.25. The quantitative estimate of drug-likeness (QED) is 0.172. The van der Waals surface area contributed by atoms with E-state index >= 15 is 0 Å². The van der Waals surface area contributed by atoms with Gasteiger partial charge in [0, 0.05) is 88.0 Å². The van der Waals surface area contributed by atoms with Crippen molar-refractivity contribution >= 4 is 79.0 Å². The second kappa shape index (κ2) is 14.1. The van der Waals surface area contributed by atoms with E-state index in [1.807, 2.05) is 22.4 Å². The molecule has 286 valence electrons. The lowest BCUT2D eigenvalue weighted by atomic mass is 10.2. The van der Waals surface area contributed by atoms with E-state index in [-0.39, 0.29) is 41.2 Å². The Balaban J connectivity index is 1.28. The summed E-state index contributed by atoms with van der Waals surface area (Å²) in [4.78, 5) is 67.9. The van der Waals surface area contributed by atoms with Gasteiger partial charge < -0.3 is 33.0 Å². The number of morpholine rings is 1. The third kappa shape index (κ3) is 6.11. The fraction of sp³-hybridized carbons (Fsp3) is 0.462. The molecule has 1 saturated heterocycles. The van der Waals surface area contributed by atoms with Gasteiger partial charge in [0.2, 0.25) is 17.3 Å². The summed E-state index contributed by atoms with van der Waals surface area (Å²) in [7, 11) is 7.02. The summed E-state index contributed by atoms with van der Waals surface area (Å²) >= 11 is 1.28. The fourth-order valence-electron chi connectivity index (χ4n) is 8.38. The largest absolute Gasteiger partial charge is 0.437 e. The number of hydrogen-bond acceptors (Lipinski definition) is 12. The van der Waals surface area contributed by atoms with Crippen LogP contribution >= 0.6 is 11.3 Å². The van der Waals surface area contributed by atoms with Gasteiger partial charge in [-0.3, -0.25) is 14.4 Å². The van der Waals surface area contributed by atoms with E-state index in [2.05, 4.69) is 9.13 Å². The molecule has 7 heterocycles. The van der Waals surface area contributed by atoms with E-state index in [4.69, 9.17) is 29.1 Å². The van der Waals surface area contributed by atoms with E-state index in [9.17, 15) is 14.4 Å². The van der Waals surface area contributed by atoms with Gasteiger partial charge in [0.1, 0.15) is 33.1 Å². The molecule has 0 radical (unpaired) electrons. The highest BCUT2D eigenvalue weighted by atomic mass is 32.1. The standard InChI is InChI=1S/C39H44N10O5S/c1-44(2)36(51)27-17-23-20-40-38(42-34(23)47(27)25-9-5-6-10-25)49(29-22-55-33-30(50)19-31(54-32(29)33)46-13-15-53-16-14-46)39-41-21-24-18-28(37(52)45(3)4)48(35(24)43-39)26-11-7-8-12-26/h17-22,25-26H,5-16H2,1-4H3. The molecule has 0 bridgehead atoms. The SMILES string of the molecule is CN(C)C(=O)c1cc2cnc(N(c3ncc4cc(C(=O)N(C)C)n(C5CCCC5)c4n3)c3csc4c(=O)cc(N5CCOCC5)oc34)nc2n1C1CCCC1. The molecule has 2 saturated carbocycles. The molecule has 0 unspecified atom stereocenters. The first-order valence-electron chi connectivity index (χ1n) is 19.1. The molecule has 16 heteroatoms. The Morgan fingerprint density at radius 2 is 1.27 bits per heavy atom. The minimum Gasteiger partial charge on any atom is -0.437 e.